The molecule has 23 heavy (non-hydrogen) atoms. The van der Waals surface area contributed by atoms with Gasteiger partial charge in [0.1, 0.15) is 11.6 Å². The number of halogens is 1. The van der Waals surface area contributed by atoms with Crippen molar-refractivity contribution < 1.29 is 9.13 Å². The zero-order valence-corrected chi connectivity index (χ0v) is 14.8. The smallest absolute Gasteiger partial charge is 0.123 e. The normalized spacial score (nSPS) is 30.2. The average molecular weight is 320 g/mol. The van der Waals surface area contributed by atoms with Gasteiger partial charge in [-0.2, -0.15) is 0 Å². The van der Waals surface area contributed by atoms with E-state index < -0.39 is 0 Å². The topological polar surface area (TPSA) is 15.7 Å². The van der Waals surface area contributed by atoms with Crippen molar-refractivity contribution in [1.29, 1.82) is 0 Å². The summed E-state index contributed by atoms with van der Waals surface area (Å²) in [6.07, 6.45) is 5.24. The molecule has 0 heterocycles. The lowest BCUT2D eigenvalue weighted by molar-refractivity contribution is 0.210. The summed E-state index contributed by atoms with van der Waals surface area (Å²) < 4.78 is 18.9. The second-order valence-electron chi connectivity index (χ2n) is 7.61. The standard InChI is InChI=1S/C19H29FN2O/c1-21(2)17-8-13-10-18(11-14(13)9-17)22(3)12-15-7-16(20)5-6-19(15)23-4/h5-7,13-14,17-18H,8-12H2,1-4H3/t13-,14+,17?,18?. The summed E-state index contributed by atoms with van der Waals surface area (Å²) in [5, 5.41) is 0. The molecule has 1 aromatic rings. The van der Waals surface area contributed by atoms with Crippen LogP contribution in [-0.4, -0.2) is 50.1 Å². The van der Waals surface area contributed by atoms with E-state index in [9.17, 15) is 4.39 Å². The van der Waals surface area contributed by atoms with Crippen LogP contribution in [0.2, 0.25) is 0 Å². The monoisotopic (exact) mass is 320 g/mol. The molecular weight excluding hydrogens is 291 g/mol. The van der Waals surface area contributed by atoms with Gasteiger partial charge >= 0.3 is 0 Å². The Labute approximate surface area is 139 Å². The molecule has 3 nitrogen and oxygen atoms in total. The molecule has 0 saturated heterocycles. The minimum atomic E-state index is -0.189. The molecule has 128 valence electrons. The van der Waals surface area contributed by atoms with E-state index >= 15 is 0 Å². The maximum absolute atomic E-state index is 13.5. The van der Waals surface area contributed by atoms with Crippen molar-refractivity contribution in [3.8, 4) is 5.75 Å². The van der Waals surface area contributed by atoms with Crippen molar-refractivity contribution in [2.75, 3.05) is 28.3 Å². The van der Waals surface area contributed by atoms with Crippen LogP contribution in [0.4, 0.5) is 4.39 Å². The lowest BCUT2D eigenvalue weighted by atomic mass is 10.0. The number of rotatable bonds is 5. The Balaban J connectivity index is 1.61. The second-order valence-corrected chi connectivity index (χ2v) is 7.61. The van der Waals surface area contributed by atoms with E-state index in [0.29, 0.717) is 6.04 Å². The summed E-state index contributed by atoms with van der Waals surface area (Å²) in [5.74, 6) is 2.32. The molecule has 2 unspecified atom stereocenters. The van der Waals surface area contributed by atoms with E-state index in [2.05, 4.69) is 30.9 Å². The molecule has 4 heteroatoms. The van der Waals surface area contributed by atoms with Gasteiger partial charge < -0.3 is 9.64 Å². The molecule has 2 aliphatic rings. The van der Waals surface area contributed by atoms with Gasteiger partial charge in [0.25, 0.3) is 0 Å². The van der Waals surface area contributed by atoms with Crippen LogP contribution in [0.5, 0.6) is 5.75 Å². The summed E-state index contributed by atoms with van der Waals surface area (Å²) in [6, 6.07) is 6.17. The van der Waals surface area contributed by atoms with Crippen molar-refractivity contribution in [3.63, 3.8) is 0 Å². The Hall–Kier alpha value is -1.13. The van der Waals surface area contributed by atoms with Crippen molar-refractivity contribution in [2.24, 2.45) is 11.8 Å². The number of hydrogen-bond acceptors (Lipinski definition) is 3. The van der Waals surface area contributed by atoms with Gasteiger partial charge in [0, 0.05) is 24.2 Å². The Kier molecular flexibility index (Phi) is 4.93. The molecule has 2 aliphatic carbocycles. The van der Waals surface area contributed by atoms with E-state index in [1.54, 1.807) is 19.2 Å². The molecule has 0 amide bonds. The molecule has 0 aromatic heterocycles. The highest BCUT2D eigenvalue weighted by Gasteiger charge is 2.43. The van der Waals surface area contributed by atoms with Crippen LogP contribution in [-0.2, 0) is 6.54 Å². The van der Waals surface area contributed by atoms with Gasteiger partial charge in [-0.05, 0) is 76.9 Å². The number of methoxy groups -OCH3 is 1. The zero-order chi connectivity index (χ0) is 16.6. The van der Waals surface area contributed by atoms with Crippen LogP contribution in [0, 0.1) is 17.7 Å². The van der Waals surface area contributed by atoms with Crippen LogP contribution in [0.1, 0.15) is 31.2 Å². The first-order valence-corrected chi connectivity index (χ1v) is 8.67. The van der Waals surface area contributed by atoms with Crippen molar-refractivity contribution >= 4 is 0 Å². The molecule has 2 fully saturated rings. The lowest BCUT2D eigenvalue weighted by Gasteiger charge is -2.27. The molecule has 0 radical (unpaired) electrons. The van der Waals surface area contributed by atoms with Gasteiger partial charge in [-0.15, -0.1) is 0 Å². The molecule has 0 spiro atoms. The van der Waals surface area contributed by atoms with Gasteiger partial charge in [-0.1, -0.05) is 0 Å². The summed E-state index contributed by atoms with van der Waals surface area (Å²) >= 11 is 0. The Morgan fingerprint density at radius 1 is 1.04 bits per heavy atom. The maximum Gasteiger partial charge on any atom is 0.123 e. The largest absolute Gasteiger partial charge is 0.496 e. The molecule has 0 bridgehead atoms. The predicted octanol–water partition coefficient (Wildman–Crippen LogP) is 3.38. The number of nitrogens with zero attached hydrogens (tertiary/aromatic N) is 2. The van der Waals surface area contributed by atoms with Crippen molar-refractivity contribution in [2.45, 2.75) is 44.3 Å². The lowest BCUT2D eigenvalue weighted by Crippen LogP contribution is -2.31. The fourth-order valence-electron chi connectivity index (χ4n) is 4.60. The third-order valence-corrected chi connectivity index (χ3v) is 5.98. The maximum atomic E-state index is 13.5. The molecule has 4 atom stereocenters. The summed E-state index contributed by atoms with van der Waals surface area (Å²) in [7, 11) is 8.22. The van der Waals surface area contributed by atoms with E-state index in [-0.39, 0.29) is 5.82 Å². The third kappa shape index (κ3) is 3.53. The summed E-state index contributed by atoms with van der Waals surface area (Å²) in [6.45, 7) is 0.752. The summed E-state index contributed by atoms with van der Waals surface area (Å²) in [4.78, 5) is 4.77. The van der Waals surface area contributed by atoms with E-state index in [1.807, 2.05) is 0 Å². The van der Waals surface area contributed by atoms with Crippen LogP contribution < -0.4 is 4.74 Å². The fraction of sp³-hybridized carbons (Fsp3) is 0.684. The number of ether oxygens (including phenoxy) is 1. The third-order valence-electron chi connectivity index (χ3n) is 5.98. The first-order valence-electron chi connectivity index (χ1n) is 8.67. The van der Waals surface area contributed by atoms with Gasteiger partial charge in [-0.25, -0.2) is 4.39 Å². The molecule has 3 rings (SSSR count). The van der Waals surface area contributed by atoms with Crippen molar-refractivity contribution in [3.05, 3.63) is 29.6 Å². The summed E-state index contributed by atoms with van der Waals surface area (Å²) in [5.41, 5.74) is 0.943. The zero-order valence-electron chi connectivity index (χ0n) is 14.8. The predicted molar refractivity (Wildman–Crippen MR) is 91.1 cm³/mol. The Bertz CT molecular complexity index is 534. The Morgan fingerprint density at radius 3 is 2.22 bits per heavy atom. The van der Waals surface area contributed by atoms with Crippen LogP contribution in [0.3, 0.4) is 0 Å². The second kappa shape index (κ2) is 6.78. The van der Waals surface area contributed by atoms with E-state index in [0.717, 1.165) is 35.7 Å². The van der Waals surface area contributed by atoms with Gasteiger partial charge in [-0.3, -0.25) is 4.90 Å². The first kappa shape index (κ1) is 16.7. The van der Waals surface area contributed by atoms with Gasteiger partial charge in [0.15, 0.2) is 0 Å². The Morgan fingerprint density at radius 2 is 1.65 bits per heavy atom. The van der Waals surface area contributed by atoms with E-state index in [4.69, 9.17) is 4.74 Å². The van der Waals surface area contributed by atoms with Crippen LogP contribution >= 0.6 is 0 Å². The van der Waals surface area contributed by atoms with Crippen LogP contribution in [0.15, 0.2) is 18.2 Å². The first-order chi connectivity index (χ1) is 11.0. The van der Waals surface area contributed by atoms with Gasteiger partial charge in [0.2, 0.25) is 0 Å². The number of benzene rings is 1. The molecule has 0 aliphatic heterocycles. The average Bonchev–Trinajstić information content (AvgIpc) is 3.06. The molecule has 0 N–H and O–H groups in total. The van der Waals surface area contributed by atoms with E-state index in [1.165, 1.54) is 31.7 Å². The molecule has 1 aromatic carbocycles. The quantitative estimate of drug-likeness (QED) is 0.827. The molecule has 2 saturated carbocycles. The minimum absolute atomic E-state index is 0.189. The molecular formula is C19H29FN2O. The number of fused-ring (bicyclic) bond motifs is 1. The SMILES string of the molecule is COc1ccc(F)cc1CN(C)C1C[C@H]2CC(N(C)C)C[C@H]2C1. The fourth-order valence-corrected chi connectivity index (χ4v) is 4.60. The highest BCUT2D eigenvalue weighted by molar-refractivity contribution is 5.33. The van der Waals surface area contributed by atoms with Crippen LogP contribution in [0.25, 0.3) is 0 Å². The van der Waals surface area contributed by atoms with Gasteiger partial charge in [0.05, 0.1) is 7.11 Å². The highest BCUT2D eigenvalue weighted by Crippen LogP contribution is 2.46. The minimum Gasteiger partial charge on any atom is -0.496 e. The highest BCUT2D eigenvalue weighted by atomic mass is 19.1. The van der Waals surface area contributed by atoms with Crippen molar-refractivity contribution in [1.82, 2.24) is 9.80 Å². The number of hydrogen-bond donors (Lipinski definition) is 0.